The lowest BCUT2D eigenvalue weighted by molar-refractivity contribution is -0.384. The van der Waals surface area contributed by atoms with Gasteiger partial charge in [-0.15, -0.1) is 0 Å². The number of ether oxygens (including phenoxy) is 1. The normalized spacial score (nSPS) is 22.4. The molecular weight excluding hydrogens is 320 g/mol. The van der Waals surface area contributed by atoms with Crippen LogP contribution in [0.1, 0.15) is 19.8 Å². The van der Waals surface area contributed by atoms with Crippen LogP contribution in [0.4, 0.5) is 5.69 Å². The fourth-order valence-corrected chi connectivity index (χ4v) is 3.47. The molecular formula is C12H15ClN2O5S. The van der Waals surface area contributed by atoms with Crippen LogP contribution < -0.4 is 4.72 Å². The SMILES string of the molecule is CC1(CNS(=O)(=O)c2ccc(Cl)c([N+](=O)[O-])c2)CCCO1. The lowest BCUT2D eigenvalue weighted by Crippen LogP contribution is -2.40. The first-order chi connectivity index (χ1) is 9.73. The Morgan fingerprint density at radius 2 is 2.24 bits per heavy atom. The van der Waals surface area contributed by atoms with Crippen LogP contribution in [0.15, 0.2) is 23.1 Å². The molecule has 1 aromatic rings. The molecule has 0 aromatic heterocycles. The van der Waals surface area contributed by atoms with E-state index in [1.54, 1.807) is 0 Å². The molecule has 0 amide bonds. The minimum atomic E-state index is -3.85. The van der Waals surface area contributed by atoms with E-state index >= 15 is 0 Å². The monoisotopic (exact) mass is 334 g/mol. The smallest absolute Gasteiger partial charge is 0.289 e. The van der Waals surface area contributed by atoms with E-state index in [-0.39, 0.29) is 16.5 Å². The van der Waals surface area contributed by atoms with E-state index in [1.807, 2.05) is 6.92 Å². The maximum absolute atomic E-state index is 12.2. The predicted octanol–water partition coefficient (Wildman–Crippen LogP) is 2.10. The lowest BCUT2D eigenvalue weighted by atomic mass is 10.0. The van der Waals surface area contributed by atoms with Crippen LogP contribution in [-0.2, 0) is 14.8 Å². The first-order valence-electron chi connectivity index (χ1n) is 6.31. The Bertz CT molecular complexity index is 656. The van der Waals surface area contributed by atoms with E-state index in [4.69, 9.17) is 16.3 Å². The molecule has 1 aliphatic rings. The Morgan fingerprint density at radius 3 is 2.81 bits per heavy atom. The van der Waals surface area contributed by atoms with Crippen molar-refractivity contribution < 1.29 is 18.1 Å². The van der Waals surface area contributed by atoms with Gasteiger partial charge in [0.05, 0.1) is 15.4 Å². The number of nitro groups is 1. The third-order valence-electron chi connectivity index (χ3n) is 3.36. The second kappa shape index (κ2) is 5.88. The zero-order valence-corrected chi connectivity index (χ0v) is 12.9. The second-order valence-corrected chi connectivity index (χ2v) is 7.27. The summed E-state index contributed by atoms with van der Waals surface area (Å²) in [6, 6.07) is 3.38. The molecule has 2 rings (SSSR count). The third kappa shape index (κ3) is 3.70. The van der Waals surface area contributed by atoms with Crippen molar-refractivity contribution in [2.24, 2.45) is 0 Å². The minimum absolute atomic E-state index is 0.106. The van der Waals surface area contributed by atoms with Crippen molar-refractivity contribution in [1.29, 1.82) is 0 Å². The number of benzene rings is 1. The third-order valence-corrected chi connectivity index (χ3v) is 5.08. The Balaban J connectivity index is 2.19. The number of hydrogen-bond donors (Lipinski definition) is 1. The molecule has 1 aliphatic heterocycles. The zero-order valence-electron chi connectivity index (χ0n) is 11.3. The highest BCUT2D eigenvalue weighted by atomic mass is 35.5. The molecule has 1 atom stereocenters. The molecule has 0 radical (unpaired) electrons. The fourth-order valence-electron chi connectivity index (χ4n) is 2.11. The predicted molar refractivity (Wildman–Crippen MR) is 76.9 cm³/mol. The van der Waals surface area contributed by atoms with Gasteiger partial charge < -0.3 is 4.74 Å². The molecule has 1 aromatic carbocycles. The van der Waals surface area contributed by atoms with Crippen molar-refractivity contribution in [3.63, 3.8) is 0 Å². The molecule has 9 heteroatoms. The summed E-state index contributed by atoms with van der Waals surface area (Å²) in [6.07, 6.45) is 1.64. The maximum atomic E-state index is 12.2. The van der Waals surface area contributed by atoms with E-state index in [0.717, 1.165) is 18.9 Å². The molecule has 1 unspecified atom stereocenters. The van der Waals surface area contributed by atoms with Crippen molar-refractivity contribution in [3.8, 4) is 0 Å². The van der Waals surface area contributed by atoms with Crippen molar-refractivity contribution in [1.82, 2.24) is 4.72 Å². The van der Waals surface area contributed by atoms with Crippen LogP contribution in [0.25, 0.3) is 0 Å². The standard InChI is InChI=1S/C12H15ClN2O5S/c1-12(5-2-6-20-12)8-14-21(18,19)9-3-4-10(13)11(7-9)15(16)17/h3-4,7,14H,2,5-6,8H2,1H3. The highest BCUT2D eigenvalue weighted by Crippen LogP contribution is 2.28. The van der Waals surface area contributed by atoms with Crippen LogP contribution in [0.2, 0.25) is 5.02 Å². The van der Waals surface area contributed by atoms with Crippen LogP contribution >= 0.6 is 11.6 Å². The van der Waals surface area contributed by atoms with Gasteiger partial charge in [0.15, 0.2) is 0 Å². The highest BCUT2D eigenvalue weighted by Gasteiger charge is 2.31. The molecule has 1 N–H and O–H groups in total. The summed E-state index contributed by atoms with van der Waals surface area (Å²) in [5.41, 5.74) is -0.978. The number of nitrogens with one attached hydrogen (secondary N) is 1. The Morgan fingerprint density at radius 1 is 1.52 bits per heavy atom. The Kier molecular flexibility index (Phi) is 4.52. The van der Waals surface area contributed by atoms with Gasteiger partial charge in [-0.1, -0.05) is 11.6 Å². The summed E-state index contributed by atoms with van der Waals surface area (Å²) >= 11 is 5.67. The van der Waals surface area contributed by atoms with Gasteiger partial charge in [0.2, 0.25) is 10.0 Å². The first kappa shape index (κ1) is 16.2. The molecule has 116 valence electrons. The number of halogens is 1. The Labute approximate surface area is 127 Å². The maximum Gasteiger partial charge on any atom is 0.289 e. The van der Waals surface area contributed by atoms with E-state index in [9.17, 15) is 18.5 Å². The Hall–Kier alpha value is -1.22. The van der Waals surface area contributed by atoms with Gasteiger partial charge >= 0.3 is 0 Å². The van der Waals surface area contributed by atoms with Crippen molar-refractivity contribution in [2.75, 3.05) is 13.2 Å². The second-order valence-electron chi connectivity index (χ2n) is 5.10. The summed E-state index contributed by atoms with van der Waals surface area (Å²) in [4.78, 5) is 9.89. The van der Waals surface area contributed by atoms with Crippen molar-refractivity contribution >= 4 is 27.3 Å². The largest absolute Gasteiger partial charge is 0.374 e. The van der Waals surface area contributed by atoms with Crippen molar-refractivity contribution in [3.05, 3.63) is 33.3 Å². The summed E-state index contributed by atoms with van der Waals surface area (Å²) in [5.74, 6) is 0. The van der Waals surface area contributed by atoms with E-state index in [0.29, 0.717) is 6.61 Å². The zero-order chi connectivity index (χ0) is 15.7. The quantitative estimate of drug-likeness (QED) is 0.656. The summed E-state index contributed by atoms with van der Waals surface area (Å²) in [7, 11) is -3.85. The number of sulfonamides is 1. The van der Waals surface area contributed by atoms with Gasteiger partial charge in [0, 0.05) is 19.2 Å². The molecule has 1 heterocycles. The molecule has 0 aliphatic carbocycles. The summed E-state index contributed by atoms with van der Waals surface area (Å²) < 4.78 is 32.3. The minimum Gasteiger partial charge on any atom is -0.374 e. The van der Waals surface area contributed by atoms with Gasteiger partial charge in [-0.2, -0.15) is 0 Å². The number of nitro benzene ring substituents is 1. The summed E-state index contributed by atoms with van der Waals surface area (Å²) in [6.45, 7) is 2.54. The lowest BCUT2D eigenvalue weighted by Gasteiger charge is -2.23. The molecule has 0 spiro atoms. The number of nitrogens with zero attached hydrogens (tertiary/aromatic N) is 1. The van der Waals surface area contributed by atoms with Crippen molar-refractivity contribution in [2.45, 2.75) is 30.3 Å². The molecule has 0 bridgehead atoms. The van der Waals surface area contributed by atoms with Gasteiger partial charge in [-0.3, -0.25) is 10.1 Å². The van der Waals surface area contributed by atoms with Gasteiger partial charge in [0.1, 0.15) is 5.02 Å². The number of rotatable bonds is 5. The first-order valence-corrected chi connectivity index (χ1v) is 8.17. The van der Waals surface area contributed by atoms with Crippen LogP contribution in [0, 0.1) is 10.1 Å². The van der Waals surface area contributed by atoms with Crippen LogP contribution in [-0.4, -0.2) is 32.1 Å². The van der Waals surface area contributed by atoms with E-state index < -0.39 is 26.2 Å². The topological polar surface area (TPSA) is 98.5 Å². The van der Waals surface area contributed by atoms with Gasteiger partial charge in [-0.05, 0) is 31.9 Å². The average Bonchev–Trinajstić information content (AvgIpc) is 2.84. The summed E-state index contributed by atoms with van der Waals surface area (Å²) in [5, 5.41) is 10.7. The number of hydrogen-bond acceptors (Lipinski definition) is 5. The van der Waals surface area contributed by atoms with Gasteiger partial charge in [0.25, 0.3) is 5.69 Å². The van der Waals surface area contributed by atoms with E-state index in [2.05, 4.69) is 4.72 Å². The molecule has 7 nitrogen and oxygen atoms in total. The molecule has 0 saturated carbocycles. The molecule has 21 heavy (non-hydrogen) atoms. The van der Waals surface area contributed by atoms with Crippen LogP contribution in [0.5, 0.6) is 0 Å². The average molecular weight is 335 g/mol. The molecule has 1 fully saturated rings. The highest BCUT2D eigenvalue weighted by molar-refractivity contribution is 7.89. The van der Waals surface area contributed by atoms with Crippen LogP contribution in [0.3, 0.4) is 0 Å². The fraction of sp³-hybridized carbons (Fsp3) is 0.500. The van der Waals surface area contributed by atoms with Gasteiger partial charge in [-0.25, -0.2) is 13.1 Å². The van der Waals surface area contributed by atoms with E-state index in [1.165, 1.54) is 12.1 Å². The molecule has 1 saturated heterocycles.